The number of anilines is 2. The monoisotopic (exact) mass is 477 g/mol. The number of rotatable bonds is 7. The van der Waals surface area contributed by atoms with Gasteiger partial charge in [0.25, 0.3) is 5.91 Å². The normalized spacial score (nSPS) is 13.5. The lowest BCUT2D eigenvalue weighted by Crippen LogP contribution is -2.29. The summed E-state index contributed by atoms with van der Waals surface area (Å²) < 4.78 is 6.21. The summed E-state index contributed by atoms with van der Waals surface area (Å²) in [6.07, 6.45) is 0. The third-order valence-electron chi connectivity index (χ3n) is 4.09. The van der Waals surface area contributed by atoms with Gasteiger partial charge in [0.05, 0.1) is 23.2 Å². The SMILES string of the molecule is CC(NC(=O)CSCC(=O)Nc1cccc(Br)c1)c1ccc2c(c1)NC(=O)CO2. The minimum Gasteiger partial charge on any atom is -0.482 e. The number of hydrogen-bond donors (Lipinski definition) is 3. The number of thioether (sulfide) groups is 1. The summed E-state index contributed by atoms with van der Waals surface area (Å²) in [5, 5.41) is 8.43. The summed E-state index contributed by atoms with van der Waals surface area (Å²) in [6.45, 7) is 1.86. The number of hydrogen-bond acceptors (Lipinski definition) is 5. The number of amides is 3. The van der Waals surface area contributed by atoms with Crippen LogP contribution < -0.4 is 20.7 Å². The molecule has 29 heavy (non-hydrogen) atoms. The van der Waals surface area contributed by atoms with Gasteiger partial charge >= 0.3 is 0 Å². The Balaban J connectivity index is 1.44. The molecule has 1 aliphatic rings. The molecule has 9 heteroatoms. The van der Waals surface area contributed by atoms with Crippen molar-refractivity contribution in [2.45, 2.75) is 13.0 Å². The Morgan fingerprint density at radius 3 is 2.79 bits per heavy atom. The Hall–Kier alpha value is -2.52. The van der Waals surface area contributed by atoms with E-state index in [0.29, 0.717) is 17.1 Å². The second-order valence-corrected chi connectivity index (χ2v) is 8.33. The van der Waals surface area contributed by atoms with Gasteiger partial charge in [0.1, 0.15) is 5.75 Å². The van der Waals surface area contributed by atoms with Gasteiger partial charge in [0, 0.05) is 10.2 Å². The first-order chi connectivity index (χ1) is 13.9. The van der Waals surface area contributed by atoms with Crippen molar-refractivity contribution in [3.8, 4) is 5.75 Å². The van der Waals surface area contributed by atoms with Gasteiger partial charge in [0.15, 0.2) is 6.61 Å². The van der Waals surface area contributed by atoms with Crippen molar-refractivity contribution in [2.75, 3.05) is 28.7 Å². The Morgan fingerprint density at radius 1 is 1.21 bits per heavy atom. The number of fused-ring (bicyclic) bond motifs is 1. The van der Waals surface area contributed by atoms with Crippen LogP contribution in [-0.2, 0) is 14.4 Å². The van der Waals surface area contributed by atoms with Crippen LogP contribution in [0, 0.1) is 0 Å². The molecule has 7 nitrogen and oxygen atoms in total. The molecule has 1 atom stereocenters. The van der Waals surface area contributed by atoms with Crippen LogP contribution in [0.15, 0.2) is 46.9 Å². The summed E-state index contributed by atoms with van der Waals surface area (Å²) >= 11 is 4.59. The molecule has 0 bridgehead atoms. The highest BCUT2D eigenvalue weighted by molar-refractivity contribution is 9.10. The van der Waals surface area contributed by atoms with Crippen LogP contribution in [-0.4, -0.2) is 35.8 Å². The Morgan fingerprint density at radius 2 is 2.00 bits per heavy atom. The zero-order valence-electron chi connectivity index (χ0n) is 15.7. The predicted molar refractivity (Wildman–Crippen MR) is 117 cm³/mol. The first kappa shape index (κ1) is 21.2. The molecule has 0 fully saturated rings. The van der Waals surface area contributed by atoms with Crippen molar-refractivity contribution in [1.82, 2.24) is 5.32 Å². The largest absolute Gasteiger partial charge is 0.482 e. The molecule has 0 saturated carbocycles. The summed E-state index contributed by atoms with van der Waals surface area (Å²) in [5.41, 5.74) is 2.14. The predicted octanol–water partition coefficient (Wildman–Crippen LogP) is 3.33. The molecular weight excluding hydrogens is 458 g/mol. The number of carbonyl (C=O) groups is 3. The fourth-order valence-corrected chi connectivity index (χ4v) is 3.76. The van der Waals surface area contributed by atoms with Crippen LogP contribution >= 0.6 is 27.7 Å². The van der Waals surface area contributed by atoms with Crippen LogP contribution in [0.5, 0.6) is 5.75 Å². The average Bonchev–Trinajstić information content (AvgIpc) is 2.67. The van der Waals surface area contributed by atoms with Gasteiger partial charge in [-0.15, -0.1) is 11.8 Å². The summed E-state index contributed by atoms with van der Waals surface area (Å²) in [4.78, 5) is 35.6. The van der Waals surface area contributed by atoms with Gasteiger partial charge in [-0.25, -0.2) is 0 Å². The molecule has 3 N–H and O–H groups in total. The van der Waals surface area contributed by atoms with Crippen molar-refractivity contribution in [3.63, 3.8) is 0 Å². The number of carbonyl (C=O) groups excluding carboxylic acids is 3. The van der Waals surface area contributed by atoms with Gasteiger partial charge in [-0.3, -0.25) is 14.4 Å². The molecule has 0 radical (unpaired) electrons. The molecule has 1 aliphatic heterocycles. The molecule has 0 spiro atoms. The van der Waals surface area contributed by atoms with Crippen LogP contribution in [0.1, 0.15) is 18.5 Å². The second-order valence-electron chi connectivity index (χ2n) is 6.43. The zero-order chi connectivity index (χ0) is 20.8. The molecule has 1 heterocycles. The van der Waals surface area contributed by atoms with E-state index in [1.165, 1.54) is 11.8 Å². The molecule has 2 aromatic carbocycles. The quantitative estimate of drug-likeness (QED) is 0.568. The first-order valence-electron chi connectivity index (χ1n) is 8.90. The lowest BCUT2D eigenvalue weighted by molar-refractivity contribution is -0.119. The topological polar surface area (TPSA) is 96.5 Å². The molecule has 1 unspecified atom stereocenters. The van der Waals surface area contributed by atoms with Crippen molar-refractivity contribution in [3.05, 3.63) is 52.5 Å². The summed E-state index contributed by atoms with van der Waals surface area (Å²) in [5.74, 6) is 0.412. The second kappa shape index (κ2) is 9.80. The lowest BCUT2D eigenvalue weighted by Gasteiger charge is -2.21. The molecule has 0 aromatic heterocycles. The average molecular weight is 478 g/mol. The highest BCUT2D eigenvalue weighted by Crippen LogP contribution is 2.30. The van der Waals surface area contributed by atoms with Crippen molar-refractivity contribution >= 4 is 56.8 Å². The van der Waals surface area contributed by atoms with Crippen molar-refractivity contribution in [1.29, 1.82) is 0 Å². The summed E-state index contributed by atoms with van der Waals surface area (Å²) in [6, 6.07) is 12.5. The van der Waals surface area contributed by atoms with Crippen LogP contribution in [0.4, 0.5) is 11.4 Å². The Labute approximate surface area is 181 Å². The van der Waals surface area contributed by atoms with Crippen LogP contribution in [0.25, 0.3) is 0 Å². The van der Waals surface area contributed by atoms with E-state index in [1.54, 1.807) is 18.2 Å². The molecule has 0 aliphatic carbocycles. The third kappa shape index (κ3) is 6.23. The number of ether oxygens (including phenoxy) is 1. The Kier molecular flexibility index (Phi) is 7.16. The van der Waals surface area contributed by atoms with E-state index >= 15 is 0 Å². The zero-order valence-corrected chi connectivity index (χ0v) is 18.1. The van der Waals surface area contributed by atoms with Crippen molar-refractivity contribution in [2.24, 2.45) is 0 Å². The van der Waals surface area contributed by atoms with Gasteiger partial charge < -0.3 is 20.7 Å². The minimum absolute atomic E-state index is 0.00494. The van der Waals surface area contributed by atoms with E-state index in [2.05, 4.69) is 31.9 Å². The van der Waals surface area contributed by atoms with E-state index in [9.17, 15) is 14.4 Å². The lowest BCUT2D eigenvalue weighted by atomic mass is 10.1. The van der Waals surface area contributed by atoms with Gasteiger partial charge in [-0.1, -0.05) is 28.1 Å². The van der Waals surface area contributed by atoms with Gasteiger partial charge in [0.2, 0.25) is 11.8 Å². The van der Waals surface area contributed by atoms with E-state index in [4.69, 9.17) is 4.74 Å². The highest BCUT2D eigenvalue weighted by atomic mass is 79.9. The van der Waals surface area contributed by atoms with E-state index in [-0.39, 0.29) is 41.9 Å². The highest BCUT2D eigenvalue weighted by Gasteiger charge is 2.18. The molecule has 152 valence electrons. The van der Waals surface area contributed by atoms with Gasteiger partial charge in [-0.2, -0.15) is 0 Å². The fraction of sp³-hybridized carbons (Fsp3) is 0.250. The maximum absolute atomic E-state index is 12.2. The number of nitrogens with one attached hydrogen (secondary N) is 3. The maximum Gasteiger partial charge on any atom is 0.262 e. The van der Waals surface area contributed by atoms with Gasteiger partial charge in [-0.05, 0) is 42.8 Å². The molecule has 3 amide bonds. The first-order valence-corrected chi connectivity index (χ1v) is 10.8. The third-order valence-corrected chi connectivity index (χ3v) is 5.51. The Bertz CT molecular complexity index is 938. The van der Waals surface area contributed by atoms with E-state index < -0.39 is 0 Å². The molecule has 3 rings (SSSR count). The maximum atomic E-state index is 12.2. The van der Waals surface area contributed by atoms with Crippen LogP contribution in [0.3, 0.4) is 0 Å². The van der Waals surface area contributed by atoms with Crippen molar-refractivity contribution < 1.29 is 19.1 Å². The number of halogens is 1. The van der Waals surface area contributed by atoms with Crippen LogP contribution in [0.2, 0.25) is 0 Å². The molecule has 0 saturated heterocycles. The molecule has 2 aromatic rings. The minimum atomic E-state index is -0.247. The summed E-state index contributed by atoms with van der Waals surface area (Å²) in [7, 11) is 0. The standard InChI is InChI=1S/C20H20BrN3O4S/c1-12(13-5-6-17-16(7-13)24-18(25)9-28-17)22-19(26)10-29-11-20(27)23-15-4-2-3-14(21)8-15/h2-8,12H,9-11H2,1H3,(H,22,26)(H,23,27)(H,24,25). The van der Waals surface area contributed by atoms with E-state index in [0.717, 1.165) is 10.0 Å². The fourth-order valence-electron chi connectivity index (χ4n) is 2.74. The smallest absolute Gasteiger partial charge is 0.262 e. The van der Waals surface area contributed by atoms with E-state index in [1.807, 2.05) is 31.2 Å². The number of benzene rings is 2. The molecular formula is C20H20BrN3O4S.